The van der Waals surface area contributed by atoms with Crippen molar-refractivity contribution in [1.29, 1.82) is 0 Å². The molecule has 0 N–H and O–H groups in total. The largest absolute Gasteiger partial charge is 0.411 e. The van der Waals surface area contributed by atoms with Crippen LogP contribution in [0.5, 0.6) is 0 Å². The van der Waals surface area contributed by atoms with E-state index >= 15 is 0 Å². The number of unbranched alkanes of at least 4 members (excludes halogenated alkanes) is 3. The molecule has 1 aliphatic carbocycles. The van der Waals surface area contributed by atoms with Crippen LogP contribution in [-0.2, 0) is 4.43 Å². The molecule has 2 unspecified atom stereocenters. The molecule has 1 fully saturated rings. The summed E-state index contributed by atoms with van der Waals surface area (Å²) in [7, 11) is -1.27. The normalized spacial score (nSPS) is 17.4. The Morgan fingerprint density at radius 1 is 0.767 bits per heavy atom. The van der Waals surface area contributed by atoms with E-state index in [4.69, 9.17) is 4.43 Å². The van der Waals surface area contributed by atoms with E-state index in [2.05, 4.69) is 60.1 Å². The minimum Gasteiger partial charge on any atom is -0.411 e. The maximum absolute atomic E-state index is 6.54. The van der Waals surface area contributed by atoms with Crippen molar-refractivity contribution in [2.24, 2.45) is 5.92 Å². The van der Waals surface area contributed by atoms with Crippen LogP contribution in [0.1, 0.15) is 91.4 Å². The Labute approximate surface area is 203 Å². The van der Waals surface area contributed by atoms with Crippen molar-refractivity contribution in [3.05, 3.63) is 0 Å². The van der Waals surface area contributed by atoms with Gasteiger partial charge in [-0.05, 0) is 38.4 Å². The summed E-state index contributed by atoms with van der Waals surface area (Å²) in [5, 5.41) is 0. The van der Waals surface area contributed by atoms with Crippen molar-refractivity contribution in [3.8, 4) is 0 Å². The molecule has 0 saturated heterocycles. The molecule has 0 bridgehead atoms. The fraction of sp³-hybridized carbons (Fsp3) is 1.00. The van der Waals surface area contributed by atoms with Crippen molar-refractivity contribution in [1.82, 2.24) is 0 Å². The summed E-state index contributed by atoms with van der Waals surface area (Å²) in [5.74, 6) is 1.48. The third-order valence-electron chi connectivity index (χ3n) is 5.79. The Morgan fingerprint density at radius 2 is 1.20 bits per heavy atom. The fourth-order valence-electron chi connectivity index (χ4n) is 4.14. The van der Waals surface area contributed by atoms with Crippen LogP contribution < -0.4 is 0 Å². The zero-order valence-electron chi connectivity index (χ0n) is 22.5. The maximum Gasteiger partial charge on any atom is 0.184 e. The maximum atomic E-state index is 6.54. The minimum absolute atomic E-state index is 0.605. The van der Waals surface area contributed by atoms with Gasteiger partial charge in [0.25, 0.3) is 0 Å². The summed E-state index contributed by atoms with van der Waals surface area (Å²) in [6, 6.07) is 0. The van der Waals surface area contributed by atoms with Gasteiger partial charge < -0.3 is 4.43 Å². The Bertz CT molecular complexity index is 355. The smallest absolute Gasteiger partial charge is 0.184 e. The molecule has 1 nitrogen and oxygen atoms in total. The average Bonchev–Trinajstić information content (AvgIpc) is 2.66. The van der Waals surface area contributed by atoms with Gasteiger partial charge in [0, 0.05) is 0 Å². The van der Waals surface area contributed by atoms with Crippen LogP contribution in [0, 0.1) is 5.92 Å². The van der Waals surface area contributed by atoms with Gasteiger partial charge in [-0.1, -0.05) is 38.9 Å². The van der Waals surface area contributed by atoms with Gasteiger partial charge in [-0.2, -0.15) is 0 Å². The molecule has 181 valence electrons. The van der Waals surface area contributed by atoms with Crippen molar-refractivity contribution < 1.29 is 4.43 Å². The summed E-state index contributed by atoms with van der Waals surface area (Å²) in [6.45, 7) is 21.5. The molecule has 0 amide bonds. The third-order valence-corrected chi connectivity index (χ3v) is 21.3. The second-order valence-electron chi connectivity index (χ2n) is 11.5. The van der Waals surface area contributed by atoms with Crippen molar-refractivity contribution in [2.45, 2.75) is 150 Å². The number of hydrogen-bond donors (Lipinski definition) is 0. The first-order valence-corrected chi connectivity index (χ1v) is 28.4. The van der Waals surface area contributed by atoms with Gasteiger partial charge >= 0.3 is 92.4 Å². The molecular formula is C25H58OPSi2Sn. The SMILES string of the molecule is CCC[CH2][Sn]([CH2]CCC)[CH2]CCC.C[Si](C)(C)OC(P[Si](C)(C)C)C1CCCCC1. The van der Waals surface area contributed by atoms with Gasteiger partial charge in [-0.25, -0.2) is 0 Å². The summed E-state index contributed by atoms with van der Waals surface area (Å²) in [6.07, 6.45) is 16.0. The first-order chi connectivity index (χ1) is 14.0. The Morgan fingerprint density at radius 3 is 1.53 bits per heavy atom. The standard InChI is InChI=1S/C13H31OPSi2.3C4H9.Sn/c1-16(2,3)14-13(15-17(4,5)6)12-10-8-7-9-11-12;3*1-3-4-2;/h12-13,15H,7-11H2,1-6H3;3*1,3-4H2,2H3;. The second-order valence-corrected chi connectivity index (χ2v) is 35.3. The Kier molecular flexibility index (Phi) is 19.0. The number of rotatable bonds is 14. The van der Waals surface area contributed by atoms with Crippen molar-refractivity contribution in [2.75, 3.05) is 0 Å². The third kappa shape index (κ3) is 19.1. The summed E-state index contributed by atoms with van der Waals surface area (Å²) < 4.78 is 11.6. The molecule has 5 heteroatoms. The van der Waals surface area contributed by atoms with Crippen LogP contribution in [0.15, 0.2) is 0 Å². The fourth-order valence-corrected chi connectivity index (χ4v) is 21.1. The van der Waals surface area contributed by atoms with E-state index in [9.17, 15) is 0 Å². The first kappa shape index (κ1) is 31.6. The van der Waals surface area contributed by atoms with E-state index in [1.807, 2.05) is 0 Å². The van der Waals surface area contributed by atoms with Gasteiger partial charge in [0.1, 0.15) is 0 Å². The van der Waals surface area contributed by atoms with Crippen molar-refractivity contribution in [3.63, 3.8) is 0 Å². The quantitative estimate of drug-likeness (QED) is 0.147. The molecule has 1 rings (SSSR count). The molecule has 0 aromatic rings. The van der Waals surface area contributed by atoms with E-state index in [-0.39, 0.29) is 0 Å². The van der Waals surface area contributed by atoms with Crippen molar-refractivity contribution >= 4 is 43.9 Å². The predicted molar refractivity (Wildman–Crippen MR) is 151 cm³/mol. The molecule has 1 aliphatic rings. The zero-order chi connectivity index (χ0) is 23.0. The minimum atomic E-state index is -1.37. The van der Waals surface area contributed by atoms with Gasteiger partial charge in [0.15, 0.2) is 8.32 Å². The van der Waals surface area contributed by atoms with Gasteiger partial charge in [-0.3, -0.25) is 0 Å². The van der Waals surface area contributed by atoms with E-state index in [0.29, 0.717) is 5.85 Å². The number of hydrogen-bond acceptors (Lipinski definition) is 1. The summed E-state index contributed by atoms with van der Waals surface area (Å²) >= 11 is -0.839. The molecule has 30 heavy (non-hydrogen) atoms. The molecule has 1 saturated carbocycles. The van der Waals surface area contributed by atoms with Gasteiger partial charge in [0.2, 0.25) is 0 Å². The predicted octanol–water partition coefficient (Wildman–Crippen LogP) is 10.1. The first-order valence-electron chi connectivity index (χ1n) is 13.3. The topological polar surface area (TPSA) is 9.23 Å². The molecule has 0 heterocycles. The zero-order valence-corrected chi connectivity index (χ0v) is 28.3. The van der Waals surface area contributed by atoms with E-state index < -0.39 is 35.8 Å². The average molecular weight is 581 g/mol. The van der Waals surface area contributed by atoms with E-state index in [1.54, 1.807) is 13.3 Å². The molecular weight excluding hydrogens is 522 g/mol. The monoisotopic (exact) mass is 581 g/mol. The van der Waals surface area contributed by atoms with E-state index in [1.165, 1.54) is 70.6 Å². The molecule has 0 aromatic heterocycles. The van der Waals surface area contributed by atoms with Gasteiger partial charge in [-0.15, -0.1) is 8.13 Å². The summed E-state index contributed by atoms with van der Waals surface area (Å²) in [5.41, 5.74) is 0. The van der Waals surface area contributed by atoms with Crippen LogP contribution in [0.25, 0.3) is 0 Å². The second kappa shape index (κ2) is 18.0. The molecule has 0 aliphatic heterocycles. The molecule has 0 spiro atoms. The van der Waals surface area contributed by atoms with E-state index in [0.717, 1.165) is 14.0 Å². The van der Waals surface area contributed by atoms with Crippen LogP contribution in [-0.4, -0.2) is 41.7 Å². The van der Waals surface area contributed by atoms with Crippen LogP contribution in [0.3, 0.4) is 0 Å². The molecule has 0 aromatic carbocycles. The Hall–Kier alpha value is 1.62. The summed E-state index contributed by atoms with van der Waals surface area (Å²) in [4.78, 5) is 0. The Balaban J connectivity index is 0.000000584. The molecule has 1 radical (unpaired) electrons. The van der Waals surface area contributed by atoms with Crippen LogP contribution in [0.4, 0.5) is 0 Å². The molecule has 2 atom stereocenters. The van der Waals surface area contributed by atoms with Crippen LogP contribution in [0.2, 0.25) is 52.6 Å². The van der Waals surface area contributed by atoms with Gasteiger partial charge in [0.05, 0.1) is 13.6 Å². The van der Waals surface area contributed by atoms with Crippen LogP contribution >= 0.6 is 8.13 Å².